The highest BCUT2D eigenvalue weighted by Crippen LogP contribution is 2.40. The van der Waals surface area contributed by atoms with Gasteiger partial charge in [-0.2, -0.15) is 0 Å². The van der Waals surface area contributed by atoms with E-state index in [0.717, 1.165) is 18.0 Å². The number of hydrogen-bond donors (Lipinski definition) is 2. The summed E-state index contributed by atoms with van der Waals surface area (Å²) < 4.78 is 10.5. The highest BCUT2D eigenvalue weighted by molar-refractivity contribution is 8.00. The number of aliphatic carboxylic acids is 1. The van der Waals surface area contributed by atoms with E-state index in [1.807, 2.05) is 7.05 Å². The van der Waals surface area contributed by atoms with Crippen LogP contribution < -0.4 is 5.32 Å². The molecule has 14 heteroatoms. The van der Waals surface area contributed by atoms with Crippen molar-refractivity contribution in [3.63, 3.8) is 0 Å². The van der Waals surface area contributed by atoms with Gasteiger partial charge in [0, 0.05) is 37.5 Å². The smallest absolute Gasteiger partial charge is 0.410 e. The summed E-state index contributed by atoms with van der Waals surface area (Å²) in [6.07, 6.45) is 0.841. The lowest BCUT2D eigenvalue weighted by molar-refractivity contribution is -0.150. The number of amides is 3. The second kappa shape index (κ2) is 10.4. The van der Waals surface area contributed by atoms with E-state index in [4.69, 9.17) is 14.0 Å². The Bertz CT molecular complexity index is 1060. The summed E-state index contributed by atoms with van der Waals surface area (Å²) in [5.41, 5.74) is -0.0705. The number of thioether (sulfide) groups is 1. The lowest BCUT2D eigenvalue weighted by atomic mass is 10.0. The molecule has 1 unspecified atom stereocenters. The van der Waals surface area contributed by atoms with Crippen molar-refractivity contribution < 1.29 is 38.3 Å². The highest BCUT2D eigenvalue weighted by Gasteiger charge is 2.54. The number of ether oxygens (including phenoxy) is 1. The van der Waals surface area contributed by atoms with Gasteiger partial charge in [-0.1, -0.05) is 5.16 Å². The van der Waals surface area contributed by atoms with Crippen LogP contribution in [0.2, 0.25) is 0 Å². The van der Waals surface area contributed by atoms with E-state index in [2.05, 4.69) is 15.4 Å². The number of oxime groups is 1. The Morgan fingerprint density at radius 3 is 2.66 bits per heavy atom. The minimum atomic E-state index is -1.31. The first-order valence-electron chi connectivity index (χ1n) is 10.8. The normalized spacial score (nSPS) is 22.9. The number of nitrogens with zero attached hydrogens (tertiary/aromatic N) is 4. The maximum Gasteiger partial charge on any atom is 0.410 e. The summed E-state index contributed by atoms with van der Waals surface area (Å²) in [6.45, 7) is 2.25. The maximum absolute atomic E-state index is 12.9. The van der Waals surface area contributed by atoms with Crippen molar-refractivity contribution in [3.8, 4) is 0 Å². The molecule has 2 atom stereocenters. The average Bonchev–Trinajstić information content (AvgIpc) is 3.38. The second-order valence-corrected chi connectivity index (χ2v) is 9.17. The van der Waals surface area contributed by atoms with Crippen LogP contribution in [0.4, 0.5) is 4.79 Å². The number of carboxylic acids is 1. The van der Waals surface area contributed by atoms with Gasteiger partial charge < -0.3 is 34.2 Å². The Morgan fingerprint density at radius 2 is 2.03 bits per heavy atom. The molecule has 0 aliphatic carbocycles. The maximum atomic E-state index is 12.9. The van der Waals surface area contributed by atoms with E-state index in [1.54, 1.807) is 11.0 Å². The zero-order valence-electron chi connectivity index (χ0n) is 19.1. The molecule has 1 aromatic heterocycles. The van der Waals surface area contributed by atoms with E-state index in [9.17, 15) is 24.3 Å². The van der Waals surface area contributed by atoms with Crippen LogP contribution in [-0.4, -0.2) is 114 Å². The van der Waals surface area contributed by atoms with Crippen LogP contribution in [0.1, 0.15) is 5.76 Å². The largest absolute Gasteiger partial charge is 0.477 e. The quantitative estimate of drug-likeness (QED) is 0.287. The Kier molecular flexibility index (Phi) is 7.31. The van der Waals surface area contributed by atoms with Gasteiger partial charge in [0.1, 0.15) is 30.8 Å². The van der Waals surface area contributed by atoms with Crippen molar-refractivity contribution in [2.75, 3.05) is 52.7 Å². The number of nitrogens with one attached hydrogen (secondary N) is 1. The van der Waals surface area contributed by atoms with Crippen LogP contribution >= 0.6 is 11.8 Å². The van der Waals surface area contributed by atoms with Gasteiger partial charge in [-0.15, -0.1) is 11.8 Å². The van der Waals surface area contributed by atoms with Gasteiger partial charge in [0.25, 0.3) is 11.8 Å². The van der Waals surface area contributed by atoms with Gasteiger partial charge in [0.2, 0.25) is 5.71 Å². The first kappa shape index (κ1) is 24.6. The van der Waals surface area contributed by atoms with Crippen molar-refractivity contribution in [1.29, 1.82) is 0 Å². The summed E-state index contributed by atoms with van der Waals surface area (Å²) in [7, 11) is 3.23. The van der Waals surface area contributed by atoms with Crippen molar-refractivity contribution in [3.05, 3.63) is 35.4 Å². The van der Waals surface area contributed by atoms with Crippen LogP contribution in [0.5, 0.6) is 0 Å². The van der Waals surface area contributed by atoms with Crippen molar-refractivity contribution in [2.24, 2.45) is 5.16 Å². The van der Waals surface area contributed by atoms with Gasteiger partial charge in [-0.25, -0.2) is 9.59 Å². The van der Waals surface area contributed by atoms with Crippen LogP contribution in [0.15, 0.2) is 39.2 Å². The van der Waals surface area contributed by atoms with Crippen LogP contribution in [-0.2, 0) is 24.0 Å². The molecule has 35 heavy (non-hydrogen) atoms. The van der Waals surface area contributed by atoms with E-state index >= 15 is 0 Å². The number of fused-ring (bicyclic) bond motifs is 1. The molecule has 3 aliphatic rings. The number of carboxylic acid groups (broad SMARTS) is 1. The van der Waals surface area contributed by atoms with Gasteiger partial charge in [0.05, 0.1) is 6.26 Å². The molecule has 4 heterocycles. The monoisotopic (exact) mass is 507 g/mol. The third-order valence-electron chi connectivity index (χ3n) is 5.82. The summed E-state index contributed by atoms with van der Waals surface area (Å²) in [5, 5.41) is 15.4. The number of rotatable bonds is 7. The molecule has 13 nitrogen and oxygen atoms in total. The second-order valence-electron chi connectivity index (χ2n) is 8.06. The van der Waals surface area contributed by atoms with Gasteiger partial charge in [-0.05, 0) is 19.2 Å². The van der Waals surface area contributed by atoms with Gasteiger partial charge in [0.15, 0.2) is 5.76 Å². The van der Waals surface area contributed by atoms with Crippen molar-refractivity contribution in [2.45, 2.75) is 11.4 Å². The fourth-order valence-corrected chi connectivity index (χ4v) is 5.26. The van der Waals surface area contributed by atoms with E-state index in [1.165, 1.54) is 31.2 Å². The molecular weight excluding hydrogens is 482 g/mol. The number of β-lactam (4-membered cyclic amide) rings is 1. The van der Waals surface area contributed by atoms with Gasteiger partial charge in [-0.3, -0.25) is 14.5 Å². The molecule has 2 saturated heterocycles. The lowest BCUT2D eigenvalue weighted by Crippen LogP contribution is -2.71. The molecule has 1 aromatic rings. The topological polar surface area (TPSA) is 154 Å². The van der Waals surface area contributed by atoms with Crippen LogP contribution in [0.3, 0.4) is 0 Å². The van der Waals surface area contributed by atoms with E-state index in [-0.39, 0.29) is 29.5 Å². The molecule has 0 spiro atoms. The molecule has 0 aromatic carbocycles. The zero-order chi connectivity index (χ0) is 25.1. The van der Waals surface area contributed by atoms with E-state index in [0.29, 0.717) is 18.7 Å². The standard InChI is InChI=1S/C21H25N5O8S/c1-24-5-7-25(8-6-24)21(31)34-10-12-11-35-19-15(18(28)26(19)16(12)20(29)30)22-17(27)14(23-32-2)13-4-3-9-33-13/h3-4,9,15,19H,5-8,10-11H2,1-2H3,(H,22,27)(H,29,30)/t15?,19-/m1/s1. The minimum Gasteiger partial charge on any atom is -0.477 e. The first-order valence-corrected chi connectivity index (χ1v) is 11.8. The summed E-state index contributed by atoms with van der Waals surface area (Å²) in [6, 6.07) is 2.12. The summed E-state index contributed by atoms with van der Waals surface area (Å²) >= 11 is 1.27. The number of carbonyl (C=O) groups excluding carboxylic acids is 3. The fraction of sp³-hybridized carbons (Fsp3) is 0.476. The number of hydrogen-bond acceptors (Lipinski definition) is 10. The third kappa shape index (κ3) is 4.98. The molecule has 0 bridgehead atoms. The Hall–Kier alpha value is -3.52. The molecule has 4 rings (SSSR count). The number of carbonyl (C=O) groups is 4. The molecular formula is C21H25N5O8S. The lowest BCUT2D eigenvalue weighted by Gasteiger charge is -2.49. The van der Waals surface area contributed by atoms with Gasteiger partial charge >= 0.3 is 12.1 Å². The fourth-order valence-electron chi connectivity index (χ4n) is 3.94. The first-order chi connectivity index (χ1) is 16.8. The predicted molar refractivity (Wildman–Crippen MR) is 122 cm³/mol. The zero-order valence-corrected chi connectivity index (χ0v) is 19.9. The number of piperazine rings is 1. The number of likely N-dealkylation sites (N-methyl/N-ethyl adjacent to an activating group) is 1. The summed E-state index contributed by atoms with van der Waals surface area (Å²) in [4.78, 5) is 59.5. The highest BCUT2D eigenvalue weighted by atomic mass is 32.2. The Morgan fingerprint density at radius 1 is 1.29 bits per heavy atom. The molecule has 2 N–H and O–H groups in total. The molecule has 2 fully saturated rings. The predicted octanol–water partition coefficient (Wildman–Crippen LogP) is -0.247. The van der Waals surface area contributed by atoms with E-state index < -0.39 is 35.3 Å². The SMILES string of the molecule is CON=C(C(=O)NC1C(=O)N2C(C(=O)O)=C(COC(=O)N3CCN(C)CC3)CS[C@H]12)c1ccco1. The molecule has 0 saturated carbocycles. The Balaban J connectivity index is 1.42. The Labute approximate surface area is 204 Å². The van der Waals surface area contributed by atoms with Crippen LogP contribution in [0, 0.1) is 0 Å². The molecule has 3 aliphatic heterocycles. The molecule has 0 radical (unpaired) electrons. The summed E-state index contributed by atoms with van der Waals surface area (Å²) in [5.74, 6) is -2.23. The molecule has 188 valence electrons. The minimum absolute atomic E-state index is 0.153. The third-order valence-corrected chi connectivity index (χ3v) is 7.16. The van der Waals surface area contributed by atoms with Crippen molar-refractivity contribution in [1.82, 2.24) is 20.0 Å². The van der Waals surface area contributed by atoms with Crippen molar-refractivity contribution >= 4 is 41.4 Å². The van der Waals surface area contributed by atoms with Crippen LogP contribution in [0.25, 0.3) is 0 Å². The molecule has 3 amide bonds. The number of furan rings is 1. The average molecular weight is 508 g/mol.